The maximum Gasteiger partial charge on any atom is 0.336 e. The van der Waals surface area contributed by atoms with Gasteiger partial charge in [0, 0.05) is 32.0 Å². The number of carbonyl (C=O) groups is 3. The molecule has 7 heteroatoms. The highest BCUT2D eigenvalue weighted by atomic mass is 16.2. The third-order valence-corrected chi connectivity index (χ3v) is 2.65. The van der Waals surface area contributed by atoms with Crippen LogP contribution in [0.1, 0.15) is 6.92 Å². The van der Waals surface area contributed by atoms with Crippen molar-refractivity contribution in [1.82, 2.24) is 19.4 Å². The fourth-order valence-corrected chi connectivity index (χ4v) is 1.67. The first-order chi connectivity index (χ1) is 8.15. The molecule has 0 atom stereocenters. The third-order valence-electron chi connectivity index (χ3n) is 2.65. The molecule has 0 N–H and O–H groups in total. The van der Waals surface area contributed by atoms with Gasteiger partial charge < -0.3 is 4.90 Å². The van der Waals surface area contributed by atoms with Crippen molar-refractivity contribution in [1.29, 1.82) is 0 Å². The van der Waals surface area contributed by atoms with Crippen molar-refractivity contribution in [3.63, 3.8) is 0 Å². The summed E-state index contributed by atoms with van der Waals surface area (Å²) < 4.78 is 1.17. The van der Waals surface area contributed by atoms with Crippen LogP contribution < -0.4 is 0 Å². The summed E-state index contributed by atoms with van der Waals surface area (Å²) in [4.78, 5) is 41.3. The Morgan fingerprint density at radius 3 is 2.71 bits per heavy atom. The highest BCUT2D eigenvalue weighted by molar-refractivity contribution is 6.38. The molecule has 1 aliphatic rings. The van der Waals surface area contributed by atoms with Crippen molar-refractivity contribution in [2.75, 3.05) is 19.6 Å². The maximum atomic E-state index is 11.9. The number of piperazine rings is 1. The van der Waals surface area contributed by atoms with E-state index in [0.29, 0.717) is 13.1 Å². The van der Waals surface area contributed by atoms with Crippen LogP contribution in [-0.2, 0) is 9.59 Å². The second-order valence-electron chi connectivity index (χ2n) is 3.59. The SMILES string of the molecule is CCN1CCN(C(=O)n2ccnc2)C(=O)C1=O. The minimum atomic E-state index is -0.781. The summed E-state index contributed by atoms with van der Waals surface area (Å²) in [7, 11) is 0. The summed E-state index contributed by atoms with van der Waals surface area (Å²) >= 11 is 0. The Labute approximate surface area is 97.6 Å². The highest BCUT2D eigenvalue weighted by Crippen LogP contribution is 2.07. The van der Waals surface area contributed by atoms with Crippen LogP contribution in [0.2, 0.25) is 0 Å². The average Bonchev–Trinajstić information content (AvgIpc) is 2.85. The molecular weight excluding hydrogens is 224 g/mol. The number of amides is 3. The number of likely N-dealkylation sites (N-methyl/N-ethyl adjacent to an activating group) is 1. The molecule has 1 saturated heterocycles. The van der Waals surface area contributed by atoms with Crippen LogP contribution >= 0.6 is 0 Å². The maximum absolute atomic E-state index is 11.9. The van der Waals surface area contributed by atoms with E-state index in [0.717, 1.165) is 4.90 Å². The molecule has 0 spiro atoms. The van der Waals surface area contributed by atoms with Crippen LogP contribution in [0.4, 0.5) is 4.79 Å². The molecule has 2 rings (SSSR count). The van der Waals surface area contributed by atoms with E-state index in [2.05, 4.69) is 4.98 Å². The number of hydrogen-bond donors (Lipinski definition) is 0. The van der Waals surface area contributed by atoms with Crippen LogP contribution in [-0.4, -0.2) is 56.8 Å². The smallest absolute Gasteiger partial charge is 0.333 e. The summed E-state index contributed by atoms with van der Waals surface area (Å²) in [6, 6.07) is -0.545. The van der Waals surface area contributed by atoms with E-state index < -0.39 is 17.8 Å². The van der Waals surface area contributed by atoms with E-state index >= 15 is 0 Å². The number of rotatable bonds is 1. The molecule has 1 aromatic heterocycles. The Morgan fingerprint density at radius 1 is 1.35 bits per heavy atom. The van der Waals surface area contributed by atoms with Crippen LogP contribution in [0, 0.1) is 0 Å². The summed E-state index contributed by atoms with van der Waals surface area (Å²) in [5, 5.41) is 0. The molecular formula is C10H12N4O3. The third kappa shape index (κ3) is 1.91. The number of imidazole rings is 1. The molecule has 0 aliphatic carbocycles. The van der Waals surface area contributed by atoms with Crippen molar-refractivity contribution in [2.24, 2.45) is 0 Å². The zero-order valence-corrected chi connectivity index (χ0v) is 9.37. The largest absolute Gasteiger partial charge is 0.336 e. The minimum absolute atomic E-state index is 0.218. The van der Waals surface area contributed by atoms with Crippen molar-refractivity contribution in [2.45, 2.75) is 6.92 Å². The van der Waals surface area contributed by atoms with Gasteiger partial charge in [-0.3, -0.25) is 19.1 Å². The topological polar surface area (TPSA) is 75.5 Å². The summed E-state index contributed by atoms with van der Waals surface area (Å²) in [6.07, 6.45) is 4.17. The molecule has 90 valence electrons. The van der Waals surface area contributed by atoms with Gasteiger partial charge in [0.1, 0.15) is 6.33 Å². The number of nitrogens with zero attached hydrogens (tertiary/aromatic N) is 4. The number of hydrogen-bond acceptors (Lipinski definition) is 4. The van der Waals surface area contributed by atoms with E-state index in [-0.39, 0.29) is 6.54 Å². The molecule has 0 radical (unpaired) electrons. The lowest BCUT2D eigenvalue weighted by atomic mass is 10.3. The summed E-state index contributed by atoms with van der Waals surface area (Å²) in [5.41, 5.74) is 0. The first-order valence-electron chi connectivity index (χ1n) is 5.28. The van der Waals surface area contributed by atoms with Gasteiger partial charge in [-0.1, -0.05) is 0 Å². The molecule has 3 amide bonds. The standard InChI is InChI=1S/C10H12N4O3/c1-2-12-5-6-14(9(16)8(12)15)10(17)13-4-3-11-7-13/h3-4,7H,2,5-6H2,1H3. The zero-order valence-electron chi connectivity index (χ0n) is 9.37. The molecule has 0 saturated carbocycles. The zero-order chi connectivity index (χ0) is 12.4. The van der Waals surface area contributed by atoms with E-state index in [1.807, 2.05) is 0 Å². The van der Waals surface area contributed by atoms with Crippen molar-refractivity contribution < 1.29 is 14.4 Å². The van der Waals surface area contributed by atoms with E-state index in [1.54, 1.807) is 6.92 Å². The first-order valence-corrected chi connectivity index (χ1v) is 5.28. The van der Waals surface area contributed by atoms with Gasteiger partial charge in [0.25, 0.3) is 0 Å². The second-order valence-corrected chi connectivity index (χ2v) is 3.59. The van der Waals surface area contributed by atoms with Crippen molar-refractivity contribution >= 4 is 17.8 Å². The minimum Gasteiger partial charge on any atom is -0.333 e. The number of aromatic nitrogens is 2. The fourth-order valence-electron chi connectivity index (χ4n) is 1.67. The molecule has 1 fully saturated rings. The van der Waals surface area contributed by atoms with Crippen molar-refractivity contribution in [3.05, 3.63) is 18.7 Å². The van der Waals surface area contributed by atoms with Crippen LogP contribution in [0.5, 0.6) is 0 Å². The van der Waals surface area contributed by atoms with Crippen LogP contribution in [0.15, 0.2) is 18.7 Å². The van der Waals surface area contributed by atoms with Gasteiger partial charge in [0.05, 0.1) is 0 Å². The first kappa shape index (κ1) is 11.3. The monoisotopic (exact) mass is 236 g/mol. The lowest BCUT2D eigenvalue weighted by Crippen LogP contribution is -2.56. The molecule has 0 bridgehead atoms. The lowest BCUT2D eigenvalue weighted by Gasteiger charge is -2.31. The van der Waals surface area contributed by atoms with Gasteiger partial charge in [-0.05, 0) is 6.92 Å². The van der Waals surface area contributed by atoms with Crippen LogP contribution in [0.25, 0.3) is 0 Å². The van der Waals surface area contributed by atoms with Crippen molar-refractivity contribution in [3.8, 4) is 0 Å². The fraction of sp³-hybridized carbons (Fsp3) is 0.400. The molecule has 7 nitrogen and oxygen atoms in total. The Morgan fingerprint density at radius 2 is 2.12 bits per heavy atom. The van der Waals surface area contributed by atoms with Gasteiger partial charge in [-0.15, -0.1) is 0 Å². The Hall–Kier alpha value is -2.18. The predicted molar refractivity (Wildman–Crippen MR) is 57.0 cm³/mol. The molecule has 17 heavy (non-hydrogen) atoms. The van der Waals surface area contributed by atoms with Gasteiger partial charge in [-0.2, -0.15) is 0 Å². The lowest BCUT2D eigenvalue weighted by molar-refractivity contribution is -0.153. The summed E-state index contributed by atoms with van der Waals surface area (Å²) in [6.45, 7) is 2.85. The quantitative estimate of drug-likeness (QED) is 0.618. The van der Waals surface area contributed by atoms with E-state index in [9.17, 15) is 14.4 Å². The Kier molecular flexibility index (Phi) is 2.90. The second kappa shape index (κ2) is 4.36. The Bertz CT molecular complexity index is 454. The summed E-state index contributed by atoms with van der Waals surface area (Å²) in [5.74, 6) is -1.41. The molecule has 0 unspecified atom stereocenters. The van der Waals surface area contributed by atoms with Gasteiger partial charge in [0.2, 0.25) is 0 Å². The van der Waals surface area contributed by atoms with Gasteiger partial charge >= 0.3 is 17.8 Å². The highest BCUT2D eigenvalue weighted by Gasteiger charge is 2.35. The molecule has 0 aromatic carbocycles. The van der Waals surface area contributed by atoms with E-state index in [1.165, 1.54) is 28.2 Å². The van der Waals surface area contributed by atoms with Gasteiger partial charge in [0.15, 0.2) is 0 Å². The van der Waals surface area contributed by atoms with E-state index in [4.69, 9.17) is 0 Å². The molecule has 1 aliphatic heterocycles. The predicted octanol–water partition coefficient (Wildman–Crippen LogP) is -0.458. The molecule has 1 aromatic rings. The number of imide groups is 1. The normalized spacial score (nSPS) is 16.5. The van der Waals surface area contributed by atoms with Gasteiger partial charge in [-0.25, -0.2) is 9.78 Å². The Balaban J connectivity index is 2.16. The average molecular weight is 236 g/mol. The molecule has 2 heterocycles. The van der Waals surface area contributed by atoms with Crippen LogP contribution in [0.3, 0.4) is 0 Å². The number of carbonyl (C=O) groups excluding carboxylic acids is 3.